The summed E-state index contributed by atoms with van der Waals surface area (Å²) in [5, 5.41) is 13.6. The molecule has 4 aromatic rings. The predicted molar refractivity (Wildman–Crippen MR) is 144 cm³/mol. The first-order chi connectivity index (χ1) is 17.8. The molecule has 1 atom stereocenters. The molecule has 6 rings (SSSR count). The minimum absolute atomic E-state index is 0.0914. The maximum atomic E-state index is 13.7. The zero-order chi connectivity index (χ0) is 25.8. The molecule has 188 valence electrons. The van der Waals surface area contributed by atoms with Gasteiger partial charge in [0, 0.05) is 25.7 Å². The van der Waals surface area contributed by atoms with Crippen molar-refractivity contribution in [1.82, 2.24) is 14.5 Å². The maximum Gasteiger partial charge on any atom is 0.356 e. The number of aromatic carboxylic acids is 1. The van der Waals surface area contributed by atoms with E-state index in [-0.39, 0.29) is 22.4 Å². The third-order valence-corrected chi connectivity index (χ3v) is 7.49. The number of rotatable bonds is 6. The van der Waals surface area contributed by atoms with Gasteiger partial charge in [-0.1, -0.05) is 41.9 Å². The van der Waals surface area contributed by atoms with Gasteiger partial charge in [0.25, 0.3) is 5.56 Å². The summed E-state index contributed by atoms with van der Waals surface area (Å²) >= 11 is 5.95. The number of benzene rings is 2. The Balaban J connectivity index is 1.47. The zero-order valence-corrected chi connectivity index (χ0v) is 21.3. The number of aromatic nitrogens is 3. The van der Waals surface area contributed by atoms with Crippen LogP contribution in [-0.2, 0) is 20.1 Å². The number of pyridine rings is 1. The van der Waals surface area contributed by atoms with Crippen molar-refractivity contribution in [3.05, 3.63) is 92.0 Å². The molecule has 0 amide bonds. The van der Waals surface area contributed by atoms with Crippen molar-refractivity contribution in [2.75, 3.05) is 10.2 Å². The highest BCUT2D eigenvalue weighted by atomic mass is 35.5. The lowest BCUT2D eigenvalue weighted by Crippen LogP contribution is -2.28. The highest BCUT2D eigenvalue weighted by molar-refractivity contribution is 6.29. The number of carbonyl (C=O) groups is 1. The van der Waals surface area contributed by atoms with E-state index in [4.69, 9.17) is 16.6 Å². The molecule has 0 unspecified atom stereocenters. The number of carboxylic acids is 1. The fourth-order valence-electron chi connectivity index (χ4n) is 5.18. The molecule has 1 aliphatic heterocycles. The lowest BCUT2D eigenvalue weighted by molar-refractivity contribution is 0.0691. The number of fused-ring (bicyclic) bond motifs is 2. The van der Waals surface area contributed by atoms with Crippen molar-refractivity contribution in [3.63, 3.8) is 0 Å². The summed E-state index contributed by atoms with van der Waals surface area (Å²) < 4.78 is 1.64. The SMILES string of the molecule is C[C@@H](Nc1ccc(Cl)nc1C(=O)O)c1cc(C2CC2)cc2c(=O)n(C)c(N3Cc4ccccc4C3)nc12. The molecule has 2 N–H and O–H groups in total. The number of hydrogen-bond donors (Lipinski definition) is 2. The van der Waals surface area contributed by atoms with Crippen molar-refractivity contribution in [1.29, 1.82) is 0 Å². The first-order valence-corrected chi connectivity index (χ1v) is 12.7. The van der Waals surface area contributed by atoms with Crippen LogP contribution >= 0.6 is 11.6 Å². The van der Waals surface area contributed by atoms with Gasteiger partial charge in [-0.15, -0.1) is 0 Å². The minimum atomic E-state index is -1.17. The summed E-state index contributed by atoms with van der Waals surface area (Å²) in [6, 6.07) is 15.2. The number of nitrogens with zero attached hydrogens (tertiary/aromatic N) is 4. The van der Waals surface area contributed by atoms with Gasteiger partial charge in [0.15, 0.2) is 5.69 Å². The van der Waals surface area contributed by atoms with Gasteiger partial charge in [-0.05, 0) is 60.6 Å². The summed E-state index contributed by atoms with van der Waals surface area (Å²) in [6.45, 7) is 3.31. The van der Waals surface area contributed by atoms with Crippen molar-refractivity contribution < 1.29 is 9.90 Å². The van der Waals surface area contributed by atoms with E-state index in [1.54, 1.807) is 23.7 Å². The lowest BCUT2D eigenvalue weighted by atomic mass is 9.98. The topological polar surface area (TPSA) is 100 Å². The Hall–Kier alpha value is -3.91. The van der Waals surface area contributed by atoms with Crippen LogP contribution in [-0.4, -0.2) is 25.6 Å². The molecule has 1 saturated carbocycles. The number of anilines is 2. The van der Waals surface area contributed by atoms with E-state index in [2.05, 4.69) is 33.4 Å². The normalized spacial score (nSPS) is 15.6. The second kappa shape index (κ2) is 8.88. The zero-order valence-electron chi connectivity index (χ0n) is 20.5. The van der Waals surface area contributed by atoms with Gasteiger partial charge < -0.3 is 15.3 Å². The third-order valence-electron chi connectivity index (χ3n) is 7.28. The van der Waals surface area contributed by atoms with E-state index in [1.165, 1.54) is 11.1 Å². The lowest BCUT2D eigenvalue weighted by Gasteiger charge is -2.23. The van der Waals surface area contributed by atoms with Gasteiger partial charge in [0.2, 0.25) is 5.95 Å². The predicted octanol–water partition coefficient (Wildman–Crippen LogP) is 5.25. The summed E-state index contributed by atoms with van der Waals surface area (Å²) in [7, 11) is 1.77. The molecule has 0 saturated heterocycles. The Morgan fingerprint density at radius 2 is 1.81 bits per heavy atom. The molecular weight excluding hydrogens is 490 g/mol. The van der Waals surface area contributed by atoms with Gasteiger partial charge in [-0.3, -0.25) is 9.36 Å². The van der Waals surface area contributed by atoms with Gasteiger partial charge in [0.05, 0.1) is 22.6 Å². The van der Waals surface area contributed by atoms with Crippen LogP contribution in [0.15, 0.2) is 53.3 Å². The third kappa shape index (κ3) is 4.21. The van der Waals surface area contributed by atoms with Crippen LogP contribution in [0.1, 0.15) is 64.5 Å². The van der Waals surface area contributed by atoms with Gasteiger partial charge in [-0.2, -0.15) is 0 Å². The number of carboxylic acid groups (broad SMARTS) is 1. The van der Waals surface area contributed by atoms with Crippen molar-refractivity contribution in [3.8, 4) is 0 Å². The molecule has 37 heavy (non-hydrogen) atoms. The van der Waals surface area contributed by atoms with Crippen LogP contribution in [0, 0.1) is 0 Å². The Morgan fingerprint density at radius 1 is 1.11 bits per heavy atom. The minimum Gasteiger partial charge on any atom is -0.476 e. The highest BCUT2D eigenvalue weighted by Crippen LogP contribution is 2.42. The van der Waals surface area contributed by atoms with Crippen LogP contribution in [0.25, 0.3) is 10.9 Å². The quantitative estimate of drug-likeness (QED) is 0.338. The van der Waals surface area contributed by atoms with E-state index in [0.717, 1.165) is 24.0 Å². The molecular formula is C28H26ClN5O3. The molecule has 0 radical (unpaired) electrons. The molecule has 0 spiro atoms. The molecule has 2 aliphatic rings. The average molecular weight is 516 g/mol. The summed E-state index contributed by atoms with van der Waals surface area (Å²) in [6.07, 6.45) is 2.18. The van der Waals surface area contributed by atoms with Crippen LogP contribution in [0.3, 0.4) is 0 Å². The van der Waals surface area contributed by atoms with Crippen LogP contribution in [0.2, 0.25) is 5.15 Å². The smallest absolute Gasteiger partial charge is 0.356 e. The van der Waals surface area contributed by atoms with E-state index in [1.807, 2.05) is 25.1 Å². The van der Waals surface area contributed by atoms with Crippen LogP contribution in [0.5, 0.6) is 0 Å². The average Bonchev–Trinajstić information content (AvgIpc) is 3.65. The van der Waals surface area contributed by atoms with Gasteiger partial charge >= 0.3 is 5.97 Å². The second-order valence-electron chi connectivity index (χ2n) is 9.88. The molecule has 9 heteroatoms. The molecule has 1 aliphatic carbocycles. The molecule has 8 nitrogen and oxygen atoms in total. The number of halogens is 1. The van der Waals surface area contributed by atoms with E-state index in [9.17, 15) is 14.7 Å². The molecule has 2 aromatic heterocycles. The number of nitrogens with one attached hydrogen (secondary N) is 1. The van der Waals surface area contributed by atoms with Crippen molar-refractivity contribution in [2.24, 2.45) is 7.05 Å². The van der Waals surface area contributed by atoms with Crippen LogP contribution < -0.4 is 15.8 Å². The van der Waals surface area contributed by atoms with E-state index >= 15 is 0 Å². The summed E-state index contributed by atoms with van der Waals surface area (Å²) in [5.41, 5.74) is 5.16. The summed E-state index contributed by atoms with van der Waals surface area (Å²) in [5.74, 6) is -0.128. The largest absolute Gasteiger partial charge is 0.476 e. The first kappa shape index (κ1) is 23.5. The second-order valence-corrected chi connectivity index (χ2v) is 10.3. The maximum absolute atomic E-state index is 13.7. The van der Waals surface area contributed by atoms with Gasteiger partial charge in [0.1, 0.15) is 5.15 Å². The standard InChI is InChI=1S/C28H26ClN5O3/c1-15(30-22-9-10-23(29)31-25(22)27(36)37)20-11-19(16-7-8-16)12-21-24(20)32-28(33(2)26(21)35)34-13-17-5-3-4-6-18(17)14-34/h3-6,9-12,15-16,30H,7-8,13-14H2,1-2H3,(H,36,37)/t15-/m1/s1. The first-order valence-electron chi connectivity index (χ1n) is 12.3. The van der Waals surface area contributed by atoms with Gasteiger partial charge in [-0.25, -0.2) is 14.8 Å². The van der Waals surface area contributed by atoms with Crippen LogP contribution in [0.4, 0.5) is 11.6 Å². The summed E-state index contributed by atoms with van der Waals surface area (Å²) in [4.78, 5) is 36.6. The fourth-order valence-corrected chi connectivity index (χ4v) is 5.33. The molecule has 3 heterocycles. The molecule has 2 aromatic carbocycles. The Bertz CT molecular complexity index is 1600. The molecule has 0 bridgehead atoms. The highest BCUT2D eigenvalue weighted by Gasteiger charge is 2.28. The molecule has 1 fully saturated rings. The Morgan fingerprint density at radius 3 is 2.46 bits per heavy atom. The van der Waals surface area contributed by atoms with E-state index in [0.29, 0.717) is 41.5 Å². The van der Waals surface area contributed by atoms with E-state index < -0.39 is 5.97 Å². The monoisotopic (exact) mass is 515 g/mol. The number of hydrogen-bond acceptors (Lipinski definition) is 6. The fraction of sp³-hybridized carbons (Fsp3) is 0.286. The Kier molecular flexibility index (Phi) is 5.64. The Labute approximate surface area is 218 Å². The van der Waals surface area contributed by atoms with Crippen molar-refractivity contribution in [2.45, 2.75) is 44.8 Å². The van der Waals surface area contributed by atoms with Crippen molar-refractivity contribution >= 4 is 40.1 Å².